The second-order valence-corrected chi connectivity index (χ2v) is 5.46. The summed E-state index contributed by atoms with van der Waals surface area (Å²) in [7, 11) is 0. The van der Waals surface area contributed by atoms with Gasteiger partial charge in [-0.25, -0.2) is 4.79 Å². The molecule has 0 aliphatic carbocycles. The molecule has 110 valence electrons. The van der Waals surface area contributed by atoms with Crippen LogP contribution in [0.1, 0.15) is 12.0 Å². The van der Waals surface area contributed by atoms with Crippen LogP contribution in [0.4, 0.5) is 0 Å². The van der Waals surface area contributed by atoms with Crippen LogP contribution < -0.4 is 5.73 Å². The number of carboxylic acids is 1. The number of carboxylic acid groups (broad SMARTS) is 1. The molecule has 0 heterocycles. The van der Waals surface area contributed by atoms with E-state index in [1.807, 2.05) is 30.3 Å². The number of rotatable bonds is 8. The Morgan fingerprint density at radius 1 is 1.35 bits per heavy atom. The van der Waals surface area contributed by atoms with E-state index in [-0.39, 0.29) is 12.2 Å². The van der Waals surface area contributed by atoms with E-state index in [0.29, 0.717) is 6.42 Å². The molecular weight excluding hydrogens is 278 g/mol. The van der Waals surface area contributed by atoms with Gasteiger partial charge in [0.15, 0.2) is 11.3 Å². The number of ketones is 1. The lowest BCUT2D eigenvalue weighted by Gasteiger charge is -2.28. The summed E-state index contributed by atoms with van der Waals surface area (Å²) < 4.78 is 0. The molecule has 0 radical (unpaired) electrons. The summed E-state index contributed by atoms with van der Waals surface area (Å²) in [6.45, 7) is 0. The lowest BCUT2D eigenvalue weighted by Crippen LogP contribution is -2.64. The number of carbonyl (C=O) groups excluding carboxylic acids is 1. The highest BCUT2D eigenvalue weighted by atomic mass is 32.2. The zero-order valence-electron chi connectivity index (χ0n) is 11.3. The number of aliphatic carboxylic acids is 1. The van der Waals surface area contributed by atoms with Gasteiger partial charge in [0.1, 0.15) is 0 Å². The summed E-state index contributed by atoms with van der Waals surface area (Å²) in [6, 6.07) is 9.25. The van der Waals surface area contributed by atoms with E-state index < -0.39 is 23.4 Å². The fraction of sp³-hybridized carbons (Fsp3) is 0.429. The van der Waals surface area contributed by atoms with Crippen LogP contribution in [-0.4, -0.2) is 45.6 Å². The Hall–Kier alpha value is -1.37. The van der Waals surface area contributed by atoms with Crippen LogP contribution >= 0.6 is 11.8 Å². The van der Waals surface area contributed by atoms with Crippen molar-refractivity contribution in [3.05, 3.63) is 35.9 Å². The number of thioether (sulfide) groups is 1. The topological polar surface area (TPSA) is 101 Å². The zero-order valence-corrected chi connectivity index (χ0v) is 12.1. The minimum Gasteiger partial charge on any atom is -0.479 e. The third-order valence-electron chi connectivity index (χ3n) is 3.15. The standard InChI is InChI=1S/C14H19NO4S/c1-20-9-12(17)14(15,13(18)19)11(16)8-7-10-5-3-2-4-6-10/h2-6,12,17H,7-9,15H2,1H3,(H,18,19). The minimum absolute atomic E-state index is 0.0156. The summed E-state index contributed by atoms with van der Waals surface area (Å²) in [5, 5.41) is 19.0. The van der Waals surface area contributed by atoms with Crippen molar-refractivity contribution in [2.45, 2.75) is 24.5 Å². The maximum absolute atomic E-state index is 12.1. The van der Waals surface area contributed by atoms with Crippen molar-refractivity contribution >= 4 is 23.5 Å². The van der Waals surface area contributed by atoms with E-state index in [2.05, 4.69) is 0 Å². The fourth-order valence-corrected chi connectivity index (χ4v) is 2.42. The Labute approximate surface area is 122 Å². The Morgan fingerprint density at radius 3 is 2.45 bits per heavy atom. The number of aliphatic hydroxyl groups is 1. The number of Topliss-reactive ketones (excluding diaryl/α,β-unsaturated/α-hetero) is 1. The van der Waals surface area contributed by atoms with E-state index in [1.165, 1.54) is 11.8 Å². The Balaban J connectivity index is 2.77. The fourth-order valence-electron chi connectivity index (χ4n) is 1.85. The number of carbonyl (C=O) groups is 2. The Kier molecular flexibility index (Phi) is 6.19. The first kappa shape index (κ1) is 16.7. The van der Waals surface area contributed by atoms with Crippen molar-refractivity contribution in [1.82, 2.24) is 0 Å². The van der Waals surface area contributed by atoms with Crippen LogP contribution in [0.25, 0.3) is 0 Å². The average molecular weight is 297 g/mol. The van der Waals surface area contributed by atoms with Gasteiger partial charge in [-0.3, -0.25) is 4.79 Å². The van der Waals surface area contributed by atoms with Gasteiger partial charge in [-0.2, -0.15) is 11.8 Å². The summed E-state index contributed by atoms with van der Waals surface area (Å²) in [5.74, 6) is -2.05. The van der Waals surface area contributed by atoms with Crippen LogP contribution in [0.5, 0.6) is 0 Å². The molecule has 20 heavy (non-hydrogen) atoms. The van der Waals surface area contributed by atoms with E-state index >= 15 is 0 Å². The second-order valence-electron chi connectivity index (χ2n) is 4.55. The van der Waals surface area contributed by atoms with Gasteiger partial charge in [0.25, 0.3) is 0 Å². The highest BCUT2D eigenvalue weighted by Crippen LogP contribution is 2.17. The summed E-state index contributed by atoms with van der Waals surface area (Å²) in [4.78, 5) is 23.4. The van der Waals surface area contributed by atoms with E-state index in [0.717, 1.165) is 5.56 Å². The predicted molar refractivity (Wildman–Crippen MR) is 78.7 cm³/mol. The Bertz CT molecular complexity index is 466. The number of hydrogen-bond acceptors (Lipinski definition) is 5. The van der Waals surface area contributed by atoms with Crippen LogP contribution in [0.15, 0.2) is 30.3 Å². The number of nitrogens with two attached hydrogens (primary N) is 1. The van der Waals surface area contributed by atoms with E-state index in [4.69, 9.17) is 5.73 Å². The van der Waals surface area contributed by atoms with Gasteiger partial charge in [0.2, 0.25) is 0 Å². The monoisotopic (exact) mass is 297 g/mol. The molecule has 1 rings (SSSR count). The molecule has 4 N–H and O–H groups in total. The number of hydrogen-bond donors (Lipinski definition) is 3. The quantitative estimate of drug-likeness (QED) is 0.611. The largest absolute Gasteiger partial charge is 0.479 e. The molecule has 0 aliphatic heterocycles. The molecule has 1 aromatic rings. The number of benzene rings is 1. The van der Waals surface area contributed by atoms with Crippen molar-refractivity contribution in [3.63, 3.8) is 0 Å². The van der Waals surface area contributed by atoms with Crippen LogP contribution in [0.3, 0.4) is 0 Å². The maximum atomic E-state index is 12.1. The first-order valence-corrected chi connectivity index (χ1v) is 7.58. The molecule has 1 aromatic carbocycles. The smallest absolute Gasteiger partial charge is 0.334 e. The molecule has 6 heteroatoms. The van der Waals surface area contributed by atoms with E-state index in [9.17, 15) is 19.8 Å². The van der Waals surface area contributed by atoms with Gasteiger partial charge >= 0.3 is 5.97 Å². The predicted octanol–water partition coefficient (Wildman–Crippen LogP) is 0.694. The van der Waals surface area contributed by atoms with Gasteiger partial charge in [0.05, 0.1) is 6.10 Å². The second kappa shape index (κ2) is 7.42. The summed E-state index contributed by atoms with van der Waals surface area (Å²) in [6.07, 6.45) is 0.689. The SMILES string of the molecule is CSCC(O)C(N)(C(=O)O)C(=O)CCc1ccccc1. The van der Waals surface area contributed by atoms with Gasteiger partial charge in [0, 0.05) is 12.2 Å². The van der Waals surface area contributed by atoms with Crippen molar-refractivity contribution < 1.29 is 19.8 Å². The molecule has 0 saturated heterocycles. The van der Waals surface area contributed by atoms with Crippen LogP contribution in [-0.2, 0) is 16.0 Å². The van der Waals surface area contributed by atoms with Crippen molar-refractivity contribution in [1.29, 1.82) is 0 Å². The van der Waals surface area contributed by atoms with Crippen LogP contribution in [0.2, 0.25) is 0 Å². The summed E-state index contributed by atoms with van der Waals surface area (Å²) in [5.41, 5.74) is 4.35. The first-order valence-electron chi connectivity index (χ1n) is 6.19. The van der Waals surface area contributed by atoms with Gasteiger partial charge in [-0.05, 0) is 18.2 Å². The third kappa shape index (κ3) is 3.82. The number of aryl methyl sites for hydroxylation is 1. The first-order chi connectivity index (χ1) is 9.42. The molecule has 0 aromatic heterocycles. The zero-order chi connectivity index (χ0) is 15.2. The van der Waals surface area contributed by atoms with Crippen molar-refractivity contribution in [2.24, 2.45) is 5.73 Å². The number of aliphatic hydroxyl groups excluding tert-OH is 1. The lowest BCUT2D eigenvalue weighted by molar-refractivity contribution is -0.153. The molecule has 2 atom stereocenters. The molecule has 0 aliphatic rings. The minimum atomic E-state index is -2.24. The highest BCUT2D eigenvalue weighted by molar-refractivity contribution is 7.98. The van der Waals surface area contributed by atoms with Crippen molar-refractivity contribution in [2.75, 3.05) is 12.0 Å². The maximum Gasteiger partial charge on any atom is 0.334 e. The van der Waals surface area contributed by atoms with Crippen LogP contribution in [0, 0.1) is 0 Å². The van der Waals surface area contributed by atoms with Gasteiger partial charge in [-0.15, -0.1) is 0 Å². The Morgan fingerprint density at radius 2 is 1.95 bits per heavy atom. The summed E-state index contributed by atoms with van der Waals surface area (Å²) >= 11 is 1.24. The van der Waals surface area contributed by atoms with Crippen molar-refractivity contribution in [3.8, 4) is 0 Å². The molecule has 0 bridgehead atoms. The normalized spacial score (nSPS) is 15.3. The molecule has 5 nitrogen and oxygen atoms in total. The lowest BCUT2D eigenvalue weighted by atomic mass is 9.86. The molecule has 0 saturated carbocycles. The molecular formula is C14H19NO4S. The molecule has 0 amide bonds. The van der Waals surface area contributed by atoms with E-state index in [1.54, 1.807) is 6.26 Å². The highest BCUT2D eigenvalue weighted by Gasteiger charge is 2.47. The molecule has 2 unspecified atom stereocenters. The third-order valence-corrected chi connectivity index (χ3v) is 3.80. The molecule has 0 spiro atoms. The van der Waals surface area contributed by atoms with Gasteiger partial charge in [-0.1, -0.05) is 30.3 Å². The average Bonchev–Trinajstić information content (AvgIpc) is 2.44. The molecule has 0 fully saturated rings. The van der Waals surface area contributed by atoms with Gasteiger partial charge < -0.3 is 15.9 Å².